The minimum atomic E-state index is -0.864. The second-order valence-electron chi connectivity index (χ2n) is 6.02. The Morgan fingerprint density at radius 1 is 1.22 bits per heavy atom. The average Bonchev–Trinajstić information content (AvgIpc) is 2.82. The van der Waals surface area contributed by atoms with Crippen molar-refractivity contribution >= 4 is 22.7 Å². The third kappa shape index (κ3) is 5.02. The summed E-state index contributed by atoms with van der Waals surface area (Å²) in [6, 6.07) is 0.399. The lowest BCUT2D eigenvalue weighted by atomic mass is 10.2. The fourth-order valence-corrected chi connectivity index (χ4v) is 3.55. The number of anilines is 2. The fraction of sp³-hybridized carbons (Fsp3) is 0.800. The topological polar surface area (TPSA) is 71.5 Å². The molecule has 0 saturated carbocycles. The molecule has 23 heavy (non-hydrogen) atoms. The van der Waals surface area contributed by atoms with E-state index < -0.39 is 10.8 Å². The monoisotopic (exact) mass is 341 g/mol. The molecule has 2 heterocycles. The average molecular weight is 341 g/mol. The minimum Gasteiger partial charge on any atom is -0.467 e. The quantitative estimate of drug-likeness (QED) is 0.776. The summed E-state index contributed by atoms with van der Waals surface area (Å²) >= 11 is 0. The van der Waals surface area contributed by atoms with Crippen molar-refractivity contribution in [2.24, 2.45) is 0 Å². The van der Waals surface area contributed by atoms with Crippen LogP contribution in [0.5, 0.6) is 6.01 Å². The van der Waals surface area contributed by atoms with Crippen molar-refractivity contribution in [1.29, 1.82) is 0 Å². The van der Waals surface area contributed by atoms with Gasteiger partial charge in [-0.25, -0.2) is 0 Å². The van der Waals surface area contributed by atoms with E-state index in [1.807, 2.05) is 18.9 Å². The smallest absolute Gasteiger partial charge is 0.322 e. The number of nitrogens with zero attached hydrogens (tertiary/aromatic N) is 5. The normalized spacial score (nSPS) is 18.2. The van der Waals surface area contributed by atoms with Crippen LogP contribution in [0, 0.1) is 0 Å². The van der Waals surface area contributed by atoms with Gasteiger partial charge in [-0.15, -0.1) is 0 Å². The SMILES string of the molecule is COc1nc(N2CCCCCC2)nc(N(C)[C@H](C)C[S@@](C)=O)n1. The summed E-state index contributed by atoms with van der Waals surface area (Å²) in [5.41, 5.74) is 0. The molecule has 0 radical (unpaired) electrons. The Balaban J connectivity index is 2.25. The molecule has 1 aromatic heterocycles. The number of aromatic nitrogens is 3. The summed E-state index contributed by atoms with van der Waals surface area (Å²) in [5.74, 6) is 1.81. The molecule has 1 aliphatic heterocycles. The van der Waals surface area contributed by atoms with E-state index in [9.17, 15) is 4.21 Å². The molecule has 0 aromatic carbocycles. The zero-order chi connectivity index (χ0) is 16.8. The van der Waals surface area contributed by atoms with E-state index in [4.69, 9.17) is 4.74 Å². The Kier molecular flexibility index (Phi) is 6.56. The van der Waals surface area contributed by atoms with Gasteiger partial charge in [0, 0.05) is 49.0 Å². The van der Waals surface area contributed by atoms with Crippen molar-refractivity contribution in [3.05, 3.63) is 0 Å². The molecule has 0 spiro atoms. The van der Waals surface area contributed by atoms with Gasteiger partial charge in [0.15, 0.2) is 0 Å². The van der Waals surface area contributed by atoms with Gasteiger partial charge in [0.25, 0.3) is 0 Å². The van der Waals surface area contributed by atoms with Gasteiger partial charge < -0.3 is 14.5 Å². The van der Waals surface area contributed by atoms with E-state index in [1.54, 1.807) is 13.4 Å². The highest BCUT2D eigenvalue weighted by Gasteiger charge is 2.20. The Morgan fingerprint density at radius 2 is 1.87 bits per heavy atom. The van der Waals surface area contributed by atoms with Crippen LogP contribution in [-0.4, -0.2) is 64.5 Å². The molecule has 0 N–H and O–H groups in total. The third-order valence-electron chi connectivity index (χ3n) is 4.12. The zero-order valence-electron chi connectivity index (χ0n) is 14.5. The van der Waals surface area contributed by atoms with Crippen molar-refractivity contribution < 1.29 is 8.95 Å². The van der Waals surface area contributed by atoms with Crippen LogP contribution < -0.4 is 14.5 Å². The molecule has 2 atom stereocenters. The lowest BCUT2D eigenvalue weighted by molar-refractivity contribution is 0.377. The van der Waals surface area contributed by atoms with E-state index in [0.717, 1.165) is 25.9 Å². The summed E-state index contributed by atoms with van der Waals surface area (Å²) in [6.45, 7) is 3.94. The van der Waals surface area contributed by atoms with Gasteiger partial charge in [0.05, 0.1) is 7.11 Å². The summed E-state index contributed by atoms with van der Waals surface area (Å²) in [4.78, 5) is 17.5. The van der Waals surface area contributed by atoms with Gasteiger partial charge >= 0.3 is 6.01 Å². The van der Waals surface area contributed by atoms with Crippen LogP contribution >= 0.6 is 0 Å². The first-order chi connectivity index (χ1) is 11.0. The Labute approximate surface area is 140 Å². The number of ether oxygens (including phenoxy) is 1. The molecule has 2 rings (SSSR count). The van der Waals surface area contributed by atoms with Crippen LogP contribution in [0.4, 0.5) is 11.9 Å². The maximum atomic E-state index is 11.5. The van der Waals surface area contributed by atoms with Crippen LogP contribution in [0.3, 0.4) is 0 Å². The van der Waals surface area contributed by atoms with E-state index in [0.29, 0.717) is 23.7 Å². The molecule has 0 aliphatic carbocycles. The summed E-state index contributed by atoms with van der Waals surface area (Å²) in [6.07, 6.45) is 6.53. The number of hydrogen-bond donors (Lipinski definition) is 0. The van der Waals surface area contributed by atoms with Gasteiger partial charge in [0.2, 0.25) is 11.9 Å². The molecule has 1 aliphatic rings. The van der Waals surface area contributed by atoms with Gasteiger partial charge in [-0.05, 0) is 19.8 Å². The molecule has 0 amide bonds. The molecule has 1 saturated heterocycles. The largest absolute Gasteiger partial charge is 0.467 e. The molecule has 130 valence electrons. The maximum Gasteiger partial charge on any atom is 0.322 e. The maximum absolute atomic E-state index is 11.5. The van der Waals surface area contributed by atoms with Gasteiger partial charge in [0.1, 0.15) is 0 Å². The molecular formula is C15H27N5O2S. The first-order valence-electron chi connectivity index (χ1n) is 8.09. The van der Waals surface area contributed by atoms with Gasteiger partial charge in [-0.3, -0.25) is 4.21 Å². The zero-order valence-corrected chi connectivity index (χ0v) is 15.3. The number of hydrogen-bond acceptors (Lipinski definition) is 7. The highest BCUT2D eigenvalue weighted by Crippen LogP contribution is 2.21. The molecule has 1 aromatic rings. The second-order valence-corrected chi connectivity index (χ2v) is 7.50. The molecular weight excluding hydrogens is 314 g/mol. The van der Waals surface area contributed by atoms with Crippen molar-refractivity contribution in [3.8, 4) is 6.01 Å². The van der Waals surface area contributed by atoms with E-state index in [1.165, 1.54) is 12.8 Å². The summed E-state index contributed by atoms with van der Waals surface area (Å²) < 4.78 is 16.7. The second kappa shape index (κ2) is 8.42. The predicted octanol–water partition coefficient (Wildman–Crippen LogP) is 1.46. The lowest BCUT2D eigenvalue weighted by Crippen LogP contribution is -2.35. The molecule has 1 fully saturated rings. The molecule has 8 heteroatoms. The van der Waals surface area contributed by atoms with Crippen molar-refractivity contribution in [2.45, 2.75) is 38.6 Å². The highest BCUT2D eigenvalue weighted by atomic mass is 32.2. The van der Waals surface area contributed by atoms with Crippen LogP contribution in [-0.2, 0) is 10.8 Å². The van der Waals surface area contributed by atoms with Gasteiger partial charge in [-0.1, -0.05) is 12.8 Å². The third-order valence-corrected chi connectivity index (χ3v) is 5.07. The van der Waals surface area contributed by atoms with Crippen molar-refractivity contribution in [1.82, 2.24) is 15.0 Å². The standard InChI is InChI=1S/C15H27N5O2S/c1-12(11-23(4)21)19(2)13-16-14(18-15(17-13)22-3)20-9-7-5-6-8-10-20/h12H,5-11H2,1-4H3/t12-,23-/m1/s1. The lowest BCUT2D eigenvalue weighted by Gasteiger charge is -2.26. The Hall–Kier alpha value is -1.44. The Morgan fingerprint density at radius 3 is 2.43 bits per heavy atom. The van der Waals surface area contributed by atoms with Crippen LogP contribution in [0.1, 0.15) is 32.6 Å². The van der Waals surface area contributed by atoms with Crippen molar-refractivity contribution in [3.63, 3.8) is 0 Å². The first kappa shape index (κ1) is 17.9. The van der Waals surface area contributed by atoms with E-state index in [-0.39, 0.29) is 6.04 Å². The summed E-state index contributed by atoms with van der Waals surface area (Å²) in [5, 5.41) is 0. The van der Waals surface area contributed by atoms with Gasteiger partial charge in [-0.2, -0.15) is 15.0 Å². The molecule has 0 unspecified atom stereocenters. The minimum absolute atomic E-state index is 0.0740. The van der Waals surface area contributed by atoms with Crippen molar-refractivity contribution in [2.75, 3.05) is 49.1 Å². The van der Waals surface area contributed by atoms with Crippen LogP contribution in [0.25, 0.3) is 0 Å². The predicted molar refractivity (Wildman–Crippen MR) is 93.9 cm³/mol. The summed E-state index contributed by atoms with van der Waals surface area (Å²) in [7, 11) is 2.62. The molecule has 0 bridgehead atoms. The fourth-order valence-electron chi connectivity index (χ4n) is 2.65. The van der Waals surface area contributed by atoms with E-state index in [2.05, 4.69) is 19.9 Å². The first-order valence-corrected chi connectivity index (χ1v) is 9.82. The number of methoxy groups -OCH3 is 1. The van der Waals surface area contributed by atoms with E-state index >= 15 is 0 Å². The van der Waals surface area contributed by atoms with Crippen LogP contribution in [0.2, 0.25) is 0 Å². The van der Waals surface area contributed by atoms with Crippen LogP contribution in [0.15, 0.2) is 0 Å². The number of rotatable bonds is 6. The Bertz CT molecular complexity index is 535. The highest BCUT2D eigenvalue weighted by molar-refractivity contribution is 7.84. The molecule has 7 nitrogen and oxygen atoms in total.